The minimum atomic E-state index is -1.27. The topological polar surface area (TPSA) is 40.5 Å². The van der Waals surface area contributed by atoms with Gasteiger partial charge < -0.3 is 10.2 Å². The molecule has 0 aromatic heterocycles. The first-order chi connectivity index (χ1) is 6.56. The van der Waals surface area contributed by atoms with Gasteiger partial charge in [-0.15, -0.1) is 11.6 Å². The third-order valence-corrected chi connectivity index (χ3v) is 2.46. The van der Waals surface area contributed by atoms with Crippen molar-refractivity contribution in [3.8, 4) is 0 Å². The van der Waals surface area contributed by atoms with Gasteiger partial charge in [0.05, 0.1) is 12.0 Å². The molecule has 2 nitrogen and oxygen atoms in total. The van der Waals surface area contributed by atoms with Crippen molar-refractivity contribution >= 4 is 23.2 Å². The molecule has 5 heteroatoms. The normalized spacial score (nSPS) is 15.2. The maximum Gasteiger partial charge on any atom is 0.123 e. The van der Waals surface area contributed by atoms with Crippen molar-refractivity contribution in [2.45, 2.75) is 12.2 Å². The van der Waals surface area contributed by atoms with E-state index >= 15 is 0 Å². The lowest BCUT2D eigenvalue weighted by molar-refractivity contribution is 0.0326. The van der Waals surface area contributed by atoms with E-state index in [0.717, 1.165) is 6.07 Å². The summed E-state index contributed by atoms with van der Waals surface area (Å²) in [5.74, 6) is -0.668. The molecule has 0 saturated carbocycles. The standard InChI is InChI=1S/C9H9Cl2FO2/c10-4-8(13)9(14)6-3-5(12)1-2-7(6)11/h1-3,8-9,13-14H,4H2. The van der Waals surface area contributed by atoms with Gasteiger partial charge in [-0.3, -0.25) is 0 Å². The van der Waals surface area contributed by atoms with Crippen LogP contribution in [0.3, 0.4) is 0 Å². The van der Waals surface area contributed by atoms with Crippen molar-refractivity contribution < 1.29 is 14.6 Å². The van der Waals surface area contributed by atoms with E-state index in [2.05, 4.69) is 0 Å². The van der Waals surface area contributed by atoms with Gasteiger partial charge in [-0.1, -0.05) is 11.6 Å². The second-order valence-electron chi connectivity index (χ2n) is 2.83. The van der Waals surface area contributed by atoms with E-state index in [1.54, 1.807) is 0 Å². The van der Waals surface area contributed by atoms with Crippen LogP contribution in [0.5, 0.6) is 0 Å². The highest BCUT2D eigenvalue weighted by molar-refractivity contribution is 6.31. The number of hydrogen-bond acceptors (Lipinski definition) is 2. The maximum atomic E-state index is 12.8. The fraction of sp³-hybridized carbons (Fsp3) is 0.333. The van der Waals surface area contributed by atoms with Crippen molar-refractivity contribution in [2.75, 3.05) is 5.88 Å². The Morgan fingerprint density at radius 2 is 2.00 bits per heavy atom. The molecule has 1 rings (SSSR count). The third-order valence-electron chi connectivity index (χ3n) is 1.80. The summed E-state index contributed by atoms with van der Waals surface area (Å²) < 4.78 is 12.8. The second-order valence-corrected chi connectivity index (χ2v) is 3.55. The van der Waals surface area contributed by atoms with Gasteiger partial charge in [0.15, 0.2) is 0 Å². The molecule has 0 heterocycles. The van der Waals surface area contributed by atoms with Crippen LogP contribution >= 0.6 is 23.2 Å². The first kappa shape index (κ1) is 11.7. The number of aliphatic hydroxyl groups excluding tert-OH is 2. The predicted octanol–water partition coefficient (Wildman–Crippen LogP) is 2.11. The van der Waals surface area contributed by atoms with Crippen LogP contribution in [0.2, 0.25) is 5.02 Å². The molecule has 0 radical (unpaired) electrons. The molecular weight excluding hydrogens is 230 g/mol. The van der Waals surface area contributed by atoms with Crippen LogP contribution in [0.15, 0.2) is 18.2 Å². The lowest BCUT2D eigenvalue weighted by atomic mass is 10.1. The summed E-state index contributed by atoms with van der Waals surface area (Å²) in [5.41, 5.74) is 0.139. The number of benzene rings is 1. The van der Waals surface area contributed by atoms with Gasteiger partial charge in [0.1, 0.15) is 11.9 Å². The molecule has 0 spiro atoms. The summed E-state index contributed by atoms with van der Waals surface area (Å²) in [7, 11) is 0. The Bertz CT molecular complexity index is 320. The van der Waals surface area contributed by atoms with Crippen LogP contribution in [0, 0.1) is 5.82 Å². The monoisotopic (exact) mass is 238 g/mol. The van der Waals surface area contributed by atoms with Crippen molar-refractivity contribution in [1.29, 1.82) is 0 Å². The zero-order valence-corrected chi connectivity index (χ0v) is 8.63. The van der Waals surface area contributed by atoms with Crippen LogP contribution in [-0.2, 0) is 0 Å². The molecule has 14 heavy (non-hydrogen) atoms. The van der Waals surface area contributed by atoms with E-state index in [1.165, 1.54) is 12.1 Å². The van der Waals surface area contributed by atoms with Crippen LogP contribution in [0.25, 0.3) is 0 Å². The Hall–Kier alpha value is -0.350. The van der Waals surface area contributed by atoms with Crippen LogP contribution in [0.1, 0.15) is 11.7 Å². The molecule has 2 atom stereocenters. The van der Waals surface area contributed by atoms with Gasteiger partial charge in [0, 0.05) is 10.6 Å². The van der Waals surface area contributed by atoms with E-state index in [1.807, 2.05) is 0 Å². The zero-order valence-electron chi connectivity index (χ0n) is 7.12. The van der Waals surface area contributed by atoms with E-state index in [0.29, 0.717) is 0 Å². The largest absolute Gasteiger partial charge is 0.389 e. The lowest BCUT2D eigenvalue weighted by Gasteiger charge is -2.16. The Labute approximate surface area is 90.9 Å². The van der Waals surface area contributed by atoms with Crippen molar-refractivity contribution in [1.82, 2.24) is 0 Å². The van der Waals surface area contributed by atoms with Gasteiger partial charge in [-0.05, 0) is 18.2 Å². The number of halogens is 3. The summed E-state index contributed by atoms with van der Waals surface area (Å²) in [5, 5.41) is 18.9. The minimum Gasteiger partial charge on any atom is -0.389 e. The number of alkyl halides is 1. The number of aliphatic hydroxyl groups is 2. The van der Waals surface area contributed by atoms with Crippen molar-refractivity contribution in [3.63, 3.8) is 0 Å². The molecule has 1 aromatic rings. The Balaban J connectivity index is 2.99. The van der Waals surface area contributed by atoms with Gasteiger partial charge in [-0.2, -0.15) is 0 Å². The van der Waals surface area contributed by atoms with Crippen molar-refractivity contribution in [2.24, 2.45) is 0 Å². The highest BCUT2D eigenvalue weighted by Gasteiger charge is 2.20. The molecule has 2 unspecified atom stereocenters. The Kier molecular flexibility index (Phi) is 4.13. The average Bonchev–Trinajstić information content (AvgIpc) is 2.19. The van der Waals surface area contributed by atoms with Gasteiger partial charge in [0.2, 0.25) is 0 Å². The van der Waals surface area contributed by atoms with Gasteiger partial charge >= 0.3 is 0 Å². The number of hydrogen-bond donors (Lipinski definition) is 2. The van der Waals surface area contributed by atoms with Crippen LogP contribution < -0.4 is 0 Å². The highest BCUT2D eigenvalue weighted by Crippen LogP contribution is 2.26. The summed E-state index contributed by atoms with van der Waals surface area (Å²) >= 11 is 11.1. The maximum absolute atomic E-state index is 12.8. The summed E-state index contributed by atoms with van der Waals surface area (Å²) in [6.07, 6.45) is -2.42. The first-order valence-electron chi connectivity index (χ1n) is 3.93. The third kappa shape index (κ3) is 2.58. The SMILES string of the molecule is OC(CCl)C(O)c1cc(F)ccc1Cl. The molecule has 0 aliphatic rings. The van der Waals surface area contributed by atoms with E-state index in [4.69, 9.17) is 23.2 Å². The smallest absolute Gasteiger partial charge is 0.123 e. The van der Waals surface area contributed by atoms with Crippen LogP contribution in [-0.4, -0.2) is 22.2 Å². The van der Waals surface area contributed by atoms with Gasteiger partial charge in [-0.25, -0.2) is 4.39 Å². The molecule has 0 saturated heterocycles. The van der Waals surface area contributed by atoms with Crippen molar-refractivity contribution in [3.05, 3.63) is 34.6 Å². The Morgan fingerprint density at radius 3 is 2.57 bits per heavy atom. The fourth-order valence-electron chi connectivity index (χ4n) is 1.03. The van der Waals surface area contributed by atoms with E-state index < -0.39 is 18.0 Å². The molecule has 0 aliphatic carbocycles. The fourth-order valence-corrected chi connectivity index (χ4v) is 1.43. The molecule has 0 fully saturated rings. The summed E-state index contributed by atoms with van der Waals surface area (Å²) in [6.45, 7) is 0. The Morgan fingerprint density at radius 1 is 1.36 bits per heavy atom. The molecular formula is C9H9Cl2FO2. The molecule has 0 aliphatic heterocycles. The average molecular weight is 239 g/mol. The predicted molar refractivity (Wildman–Crippen MR) is 53.1 cm³/mol. The minimum absolute atomic E-state index is 0.139. The number of rotatable bonds is 3. The summed E-state index contributed by atoms with van der Waals surface area (Å²) in [6, 6.07) is 3.56. The molecule has 1 aromatic carbocycles. The quantitative estimate of drug-likeness (QED) is 0.793. The molecule has 0 bridgehead atoms. The zero-order chi connectivity index (χ0) is 10.7. The molecule has 2 N–H and O–H groups in total. The molecule has 78 valence electrons. The van der Waals surface area contributed by atoms with E-state index in [9.17, 15) is 14.6 Å². The first-order valence-corrected chi connectivity index (χ1v) is 4.84. The van der Waals surface area contributed by atoms with E-state index in [-0.39, 0.29) is 16.5 Å². The van der Waals surface area contributed by atoms with Gasteiger partial charge in [0.25, 0.3) is 0 Å². The second kappa shape index (κ2) is 4.94. The lowest BCUT2D eigenvalue weighted by Crippen LogP contribution is -2.20. The molecule has 0 amide bonds. The summed E-state index contributed by atoms with van der Waals surface area (Å²) in [4.78, 5) is 0. The highest BCUT2D eigenvalue weighted by atomic mass is 35.5. The van der Waals surface area contributed by atoms with Crippen LogP contribution in [0.4, 0.5) is 4.39 Å².